The normalized spacial score (nSPS) is 12.8. The lowest BCUT2D eigenvalue weighted by Crippen LogP contribution is -2.32. The molecule has 0 amide bonds. The van der Waals surface area contributed by atoms with Gasteiger partial charge in [0, 0.05) is 6.42 Å². The van der Waals surface area contributed by atoms with Crippen molar-refractivity contribution in [2.75, 3.05) is 0 Å². The summed E-state index contributed by atoms with van der Waals surface area (Å²) in [5.74, 6) is -1.04. The van der Waals surface area contributed by atoms with E-state index in [9.17, 15) is 4.79 Å². The first-order valence-corrected chi connectivity index (χ1v) is 4.43. The largest absolute Gasteiger partial charge is 0.480 e. The number of carbonyl (C=O) groups is 1. The number of aliphatic carboxylic acids is 1. The molecule has 1 atom stereocenters. The van der Waals surface area contributed by atoms with Gasteiger partial charge in [0.1, 0.15) is 10.4 Å². The molecule has 6 heteroatoms. The summed E-state index contributed by atoms with van der Waals surface area (Å²) in [6, 6.07) is -0.926. The van der Waals surface area contributed by atoms with Gasteiger partial charge < -0.3 is 10.8 Å². The fraction of sp³-hybridized carbons (Fsp3) is 0.333. The molecule has 66 valence electrons. The van der Waals surface area contributed by atoms with Gasteiger partial charge in [0.05, 0.1) is 11.2 Å². The summed E-state index contributed by atoms with van der Waals surface area (Å²) in [5.41, 5.74) is 7.40. The lowest BCUT2D eigenvalue weighted by Gasteiger charge is -2.02. The Labute approximate surface area is 78.0 Å². The van der Waals surface area contributed by atoms with Crippen molar-refractivity contribution in [3.05, 3.63) is 15.5 Å². The third kappa shape index (κ3) is 2.17. The van der Waals surface area contributed by atoms with Crippen molar-refractivity contribution in [2.24, 2.45) is 5.73 Å². The highest BCUT2D eigenvalue weighted by molar-refractivity contribution is 7.14. The SMILES string of the molecule is N[C@@H](Cc1ncsc1Cl)C(=O)O. The lowest BCUT2D eigenvalue weighted by molar-refractivity contribution is -0.138. The van der Waals surface area contributed by atoms with Crippen LogP contribution in [0.1, 0.15) is 5.69 Å². The molecule has 0 fully saturated rings. The van der Waals surface area contributed by atoms with Crippen molar-refractivity contribution >= 4 is 28.9 Å². The maximum Gasteiger partial charge on any atom is 0.320 e. The predicted octanol–water partition coefficient (Wildman–Crippen LogP) is 0.751. The molecule has 4 nitrogen and oxygen atoms in total. The molecule has 0 saturated heterocycles. The van der Waals surface area contributed by atoms with Crippen LogP contribution in [0.5, 0.6) is 0 Å². The number of carboxylic acid groups (broad SMARTS) is 1. The van der Waals surface area contributed by atoms with Gasteiger partial charge in [-0.25, -0.2) is 4.98 Å². The third-order valence-corrected chi connectivity index (χ3v) is 2.46. The fourth-order valence-corrected chi connectivity index (χ4v) is 1.47. The van der Waals surface area contributed by atoms with Gasteiger partial charge >= 0.3 is 5.97 Å². The second-order valence-electron chi connectivity index (χ2n) is 2.22. The molecule has 0 radical (unpaired) electrons. The highest BCUT2D eigenvalue weighted by Gasteiger charge is 2.15. The predicted molar refractivity (Wildman–Crippen MR) is 46.4 cm³/mol. The first-order valence-electron chi connectivity index (χ1n) is 3.17. The smallest absolute Gasteiger partial charge is 0.320 e. The number of nitrogens with zero attached hydrogens (tertiary/aromatic N) is 1. The zero-order valence-corrected chi connectivity index (χ0v) is 7.60. The van der Waals surface area contributed by atoms with Gasteiger partial charge in [0.15, 0.2) is 0 Å². The Kier molecular flexibility index (Phi) is 3.02. The molecule has 0 spiro atoms. The highest BCUT2D eigenvalue weighted by atomic mass is 35.5. The second kappa shape index (κ2) is 3.84. The van der Waals surface area contributed by atoms with E-state index in [1.165, 1.54) is 11.3 Å². The number of hydrogen-bond donors (Lipinski definition) is 2. The van der Waals surface area contributed by atoms with Crippen LogP contribution in [0, 0.1) is 0 Å². The zero-order valence-electron chi connectivity index (χ0n) is 6.03. The van der Waals surface area contributed by atoms with Crippen LogP contribution in [0.3, 0.4) is 0 Å². The maximum absolute atomic E-state index is 10.3. The van der Waals surface area contributed by atoms with E-state index in [2.05, 4.69) is 4.98 Å². The van der Waals surface area contributed by atoms with Gasteiger partial charge in [-0.1, -0.05) is 11.6 Å². The van der Waals surface area contributed by atoms with E-state index in [0.29, 0.717) is 10.0 Å². The first-order chi connectivity index (χ1) is 5.61. The quantitative estimate of drug-likeness (QED) is 0.765. The van der Waals surface area contributed by atoms with Crippen molar-refractivity contribution in [2.45, 2.75) is 12.5 Å². The molecule has 0 bridgehead atoms. The van der Waals surface area contributed by atoms with Gasteiger partial charge in [-0.15, -0.1) is 11.3 Å². The standard InChI is InChI=1S/C6H7ClN2O2S/c7-5-4(9-2-12-5)1-3(8)6(10)11/h2-3H,1,8H2,(H,10,11)/t3-/m0/s1. The summed E-state index contributed by atoms with van der Waals surface area (Å²) < 4.78 is 0.506. The molecule has 1 aromatic rings. The van der Waals surface area contributed by atoms with Crippen molar-refractivity contribution in [3.63, 3.8) is 0 Å². The van der Waals surface area contributed by atoms with E-state index in [0.717, 1.165) is 0 Å². The summed E-state index contributed by atoms with van der Waals surface area (Å²) in [6.45, 7) is 0. The minimum atomic E-state index is -1.04. The van der Waals surface area contributed by atoms with Crippen LogP contribution in [-0.2, 0) is 11.2 Å². The summed E-state index contributed by atoms with van der Waals surface area (Å²) in [6.07, 6.45) is 0.178. The van der Waals surface area contributed by atoms with E-state index in [1.54, 1.807) is 5.51 Å². The van der Waals surface area contributed by atoms with E-state index in [1.807, 2.05) is 0 Å². The summed E-state index contributed by atoms with van der Waals surface area (Å²) in [7, 11) is 0. The number of nitrogens with two attached hydrogens (primary N) is 1. The van der Waals surface area contributed by atoms with Crippen LogP contribution in [-0.4, -0.2) is 22.1 Å². The van der Waals surface area contributed by atoms with E-state index < -0.39 is 12.0 Å². The minimum Gasteiger partial charge on any atom is -0.480 e. The van der Waals surface area contributed by atoms with Gasteiger partial charge in [0.25, 0.3) is 0 Å². The Bertz CT molecular complexity index is 289. The summed E-state index contributed by atoms with van der Waals surface area (Å²) in [4.78, 5) is 14.2. The molecule has 0 unspecified atom stereocenters. The monoisotopic (exact) mass is 206 g/mol. The molecular formula is C6H7ClN2O2S. The molecule has 12 heavy (non-hydrogen) atoms. The molecule has 1 rings (SSSR count). The van der Waals surface area contributed by atoms with Gasteiger partial charge in [0.2, 0.25) is 0 Å². The Morgan fingerprint density at radius 2 is 2.58 bits per heavy atom. The van der Waals surface area contributed by atoms with Crippen LogP contribution in [0.25, 0.3) is 0 Å². The summed E-state index contributed by atoms with van der Waals surface area (Å²) >= 11 is 6.96. The third-order valence-electron chi connectivity index (χ3n) is 1.32. The Morgan fingerprint density at radius 1 is 1.92 bits per heavy atom. The number of halogens is 1. The lowest BCUT2D eigenvalue weighted by atomic mass is 10.2. The summed E-state index contributed by atoms with van der Waals surface area (Å²) in [5, 5.41) is 8.48. The number of rotatable bonds is 3. The average Bonchev–Trinajstić information content (AvgIpc) is 2.36. The van der Waals surface area contributed by atoms with E-state index >= 15 is 0 Å². The molecule has 0 aliphatic heterocycles. The van der Waals surface area contributed by atoms with Crippen LogP contribution in [0.15, 0.2) is 5.51 Å². The van der Waals surface area contributed by atoms with E-state index in [4.69, 9.17) is 22.4 Å². The van der Waals surface area contributed by atoms with Crippen molar-refractivity contribution in [1.82, 2.24) is 4.98 Å². The topological polar surface area (TPSA) is 76.2 Å². The molecule has 0 aliphatic rings. The average molecular weight is 207 g/mol. The maximum atomic E-state index is 10.3. The van der Waals surface area contributed by atoms with Crippen LogP contribution in [0.2, 0.25) is 4.34 Å². The van der Waals surface area contributed by atoms with Crippen molar-refractivity contribution in [3.8, 4) is 0 Å². The minimum absolute atomic E-state index is 0.178. The van der Waals surface area contributed by atoms with Crippen molar-refractivity contribution in [1.29, 1.82) is 0 Å². The molecule has 3 N–H and O–H groups in total. The zero-order chi connectivity index (χ0) is 9.14. The number of carboxylic acids is 1. The van der Waals surface area contributed by atoms with Gasteiger partial charge in [-0.2, -0.15) is 0 Å². The van der Waals surface area contributed by atoms with Crippen LogP contribution >= 0.6 is 22.9 Å². The second-order valence-corrected chi connectivity index (χ2v) is 3.68. The van der Waals surface area contributed by atoms with Crippen LogP contribution < -0.4 is 5.73 Å². The molecule has 1 aromatic heterocycles. The highest BCUT2D eigenvalue weighted by Crippen LogP contribution is 2.20. The Hall–Kier alpha value is -0.650. The number of aromatic nitrogens is 1. The fourth-order valence-electron chi connectivity index (χ4n) is 0.684. The Balaban J connectivity index is 2.64. The Morgan fingerprint density at radius 3 is 3.00 bits per heavy atom. The van der Waals surface area contributed by atoms with E-state index in [-0.39, 0.29) is 6.42 Å². The van der Waals surface area contributed by atoms with Gasteiger partial charge in [-0.3, -0.25) is 4.79 Å². The number of thiazole rings is 1. The van der Waals surface area contributed by atoms with Crippen molar-refractivity contribution < 1.29 is 9.90 Å². The number of hydrogen-bond acceptors (Lipinski definition) is 4. The molecule has 1 heterocycles. The van der Waals surface area contributed by atoms with Gasteiger partial charge in [-0.05, 0) is 0 Å². The molecule has 0 aliphatic carbocycles. The molecule has 0 saturated carbocycles. The molecule has 0 aromatic carbocycles. The van der Waals surface area contributed by atoms with Crippen LogP contribution in [0.4, 0.5) is 0 Å². The first kappa shape index (κ1) is 9.44. The molecular weight excluding hydrogens is 200 g/mol.